The molecule has 37 heavy (non-hydrogen) atoms. The van der Waals surface area contributed by atoms with Crippen molar-refractivity contribution in [2.45, 2.75) is 26.4 Å². The summed E-state index contributed by atoms with van der Waals surface area (Å²) in [5, 5.41) is 6.71. The van der Waals surface area contributed by atoms with Gasteiger partial charge in [0.1, 0.15) is 34.8 Å². The van der Waals surface area contributed by atoms with Crippen LogP contribution in [0, 0.1) is 12.7 Å². The van der Waals surface area contributed by atoms with Gasteiger partial charge in [-0.1, -0.05) is 35.5 Å². The first kappa shape index (κ1) is 25.4. The smallest absolute Gasteiger partial charge is 0.412 e. The summed E-state index contributed by atoms with van der Waals surface area (Å²) in [5.41, 5.74) is 2.45. The lowest BCUT2D eigenvalue weighted by molar-refractivity contribution is -0.139. The minimum absolute atomic E-state index is 0.148. The fourth-order valence-electron chi connectivity index (χ4n) is 3.65. The zero-order valence-electron chi connectivity index (χ0n) is 20.5. The highest BCUT2D eigenvalue weighted by atomic mass is 19.1. The second kappa shape index (κ2) is 11.4. The van der Waals surface area contributed by atoms with Gasteiger partial charge in [0.15, 0.2) is 5.76 Å². The molecule has 0 bridgehead atoms. The molecule has 0 aliphatic heterocycles. The van der Waals surface area contributed by atoms with E-state index >= 15 is 0 Å². The average Bonchev–Trinajstić information content (AvgIpc) is 3.24. The first-order chi connectivity index (χ1) is 17.8. The highest BCUT2D eigenvalue weighted by molar-refractivity contribution is 5.91. The second-order valence-corrected chi connectivity index (χ2v) is 8.18. The number of nitrogens with zero attached hydrogens (tertiary/aromatic N) is 1. The molecule has 0 fully saturated rings. The van der Waals surface area contributed by atoms with Crippen LogP contribution in [0.25, 0.3) is 11.3 Å². The van der Waals surface area contributed by atoms with Gasteiger partial charge in [-0.3, -0.25) is 10.1 Å². The molecular weight excluding hydrogens is 479 g/mol. The Kier molecular flexibility index (Phi) is 7.83. The lowest BCUT2D eigenvalue weighted by atomic mass is 10.1. The van der Waals surface area contributed by atoms with E-state index in [9.17, 15) is 14.0 Å². The molecule has 0 saturated heterocycles. The molecule has 1 heterocycles. The number of amides is 1. The maximum Gasteiger partial charge on any atom is 0.412 e. The summed E-state index contributed by atoms with van der Waals surface area (Å²) < 4.78 is 35.3. The van der Waals surface area contributed by atoms with E-state index in [1.165, 1.54) is 13.2 Å². The van der Waals surface area contributed by atoms with Crippen molar-refractivity contribution in [3.8, 4) is 22.8 Å². The first-order valence-corrected chi connectivity index (χ1v) is 11.5. The standard InChI is InChI=1S/C28H25FN2O6/c1-17(23-9-4-5-10-24(23)29)35-28(33)30-26-18(2)37-31-27(26)20-11-13-21(14-12-20)36-22-8-6-7-19(15-22)16-25(32)34-3/h4-15,17H,16H2,1-3H3,(H,30,33). The molecule has 1 unspecified atom stereocenters. The number of nitrogens with one attached hydrogen (secondary N) is 1. The minimum Gasteiger partial charge on any atom is -0.469 e. The summed E-state index contributed by atoms with van der Waals surface area (Å²) in [4.78, 5) is 24.1. The minimum atomic E-state index is -0.799. The summed E-state index contributed by atoms with van der Waals surface area (Å²) in [6.07, 6.45) is -1.42. The zero-order chi connectivity index (χ0) is 26.4. The molecule has 0 aliphatic rings. The number of methoxy groups -OCH3 is 1. The molecule has 1 atom stereocenters. The molecule has 0 radical (unpaired) electrons. The Morgan fingerprint density at radius 2 is 1.78 bits per heavy atom. The van der Waals surface area contributed by atoms with E-state index in [-0.39, 0.29) is 18.0 Å². The van der Waals surface area contributed by atoms with E-state index in [0.29, 0.717) is 34.2 Å². The normalized spacial score (nSPS) is 11.5. The summed E-state index contributed by atoms with van der Waals surface area (Å²) in [5.74, 6) is 0.724. The van der Waals surface area contributed by atoms with Gasteiger partial charge >= 0.3 is 12.1 Å². The van der Waals surface area contributed by atoms with Gasteiger partial charge in [-0.15, -0.1) is 0 Å². The van der Waals surface area contributed by atoms with Crippen LogP contribution in [-0.4, -0.2) is 24.3 Å². The summed E-state index contributed by atoms with van der Waals surface area (Å²) >= 11 is 0. The SMILES string of the molecule is COC(=O)Cc1cccc(Oc2ccc(-c3noc(C)c3NC(=O)OC(C)c3ccccc3F)cc2)c1. The van der Waals surface area contributed by atoms with Gasteiger partial charge < -0.3 is 18.7 Å². The lowest BCUT2D eigenvalue weighted by Crippen LogP contribution is -2.17. The third-order valence-corrected chi connectivity index (χ3v) is 5.55. The van der Waals surface area contributed by atoms with Crippen molar-refractivity contribution in [2.24, 2.45) is 0 Å². The Bertz CT molecular complexity index is 1400. The molecule has 0 saturated carbocycles. The highest BCUT2D eigenvalue weighted by Gasteiger charge is 2.21. The predicted molar refractivity (Wildman–Crippen MR) is 134 cm³/mol. The number of hydrogen-bond donors (Lipinski definition) is 1. The molecule has 4 aromatic rings. The van der Waals surface area contributed by atoms with Gasteiger partial charge in [-0.25, -0.2) is 9.18 Å². The van der Waals surface area contributed by atoms with Gasteiger partial charge in [-0.05, 0) is 61.9 Å². The Balaban J connectivity index is 1.44. The molecule has 0 aliphatic carbocycles. The van der Waals surface area contributed by atoms with Gasteiger partial charge in [0.25, 0.3) is 0 Å². The number of carbonyl (C=O) groups excluding carboxylic acids is 2. The topological polar surface area (TPSA) is 99.9 Å². The monoisotopic (exact) mass is 504 g/mol. The van der Waals surface area contributed by atoms with Crippen LogP contribution in [0.15, 0.2) is 77.3 Å². The second-order valence-electron chi connectivity index (χ2n) is 8.18. The van der Waals surface area contributed by atoms with Gasteiger partial charge in [0.05, 0.1) is 13.5 Å². The third kappa shape index (κ3) is 6.32. The Morgan fingerprint density at radius 3 is 2.51 bits per heavy atom. The number of benzene rings is 3. The molecular formula is C28H25FN2O6. The van der Waals surface area contributed by atoms with Crippen LogP contribution in [0.2, 0.25) is 0 Å². The number of ether oxygens (including phenoxy) is 3. The molecule has 1 aromatic heterocycles. The van der Waals surface area contributed by atoms with Crippen LogP contribution >= 0.6 is 0 Å². The van der Waals surface area contributed by atoms with Crippen molar-refractivity contribution < 1.29 is 32.7 Å². The summed E-state index contributed by atoms with van der Waals surface area (Å²) in [7, 11) is 1.34. The Morgan fingerprint density at radius 1 is 1.03 bits per heavy atom. The van der Waals surface area contributed by atoms with Gasteiger partial charge in [0.2, 0.25) is 0 Å². The molecule has 1 amide bonds. The quantitative estimate of drug-likeness (QED) is 0.270. The Labute approximate surface area is 213 Å². The molecule has 1 N–H and O–H groups in total. The van der Waals surface area contributed by atoms with Crippen molar-refractivity contribution in [3.05, 3.63) is 95.5 Å². The van der Waals surface area contributed by atoms with Crippen LogP contribution in [0.5, 0.6) is 11.5 Å². The summed E-state index contributed by atoms with van der Waals surface area (Å²) in [6.45, 7) is 3.24. The maximum absolute atomic E-state index is 14.0. The van der Waals surface area contributed by atoms with E-state index in [1.54, 1.807) is 74.5 Å². The number of aromatic nitrogens is 1. The van der Waals surface area contributed by atoms with Crippen molar-refractivity contribution in [1.82, 2.24) is 5.16 Å². The number of aryl methyl sites for hydroxylation is 1. The largest absolute Gasteiger partial charge is 0.469 e. The number of halogens is 1. The molecule has 4 rings (SSSR count). The van der Waals surface area contributed by atoms with Crippen LogP contribution in [0.4, 0.5) is 14.9 Å². The molecule has 8 nitrogen and oxygen atoms in total. The third-order valence-electron chi connectivity index (χ3n) is 5.55. The fourth-order valence-corrected chi connectivity index (χ4v) is 3.65. The van der Waals surface area contributed by atoms with Crippen molar-refractivity contribution in [2.75, 3.05) is 12.4 Å². The number of carbonyl (C=O) groups is 2. The highest BCUT2D eigenvalue weighted by Crippen LogP contribution is 2.33. The van der Waals surface area contributed by atoms with Crippen molar-refractivity contribution >= 4 is 17.7 Å². The maximum atomic E-state index is 14.0. The first-order valence-electron chi connectivity index (χ1n) is 11.5. The van der Waals surface area contributed by atoms with E-state index in [1.807, 2.05) is 6.07 Å². The number of anilines is 1. The molecule has 3 aromatic carbocycles. The van der Waals surface area contributed by atoms with Crippen molar-refractivity contribution in [1.29, 1.82) is 0 Å². The van der Waals surface area contributed by atoms with E-state index in [2.05, 4.69) is 10.5 Å². The molecule has 190 valence electrons. The lowest BCUT2D eigenvalue weighted by Gasteiger charge is -2.15. The average molecular weight is 505 g/mol. The van der Waals surface area contributed by atoms with Gasteiger partial charge in [0, 0.05) is 11.1 Å². The number of hydrogen-bond acceptors (Lipinski definition) is 7. The summed E-state index contributed by atoms with van der Waals surface area (Å²) in [6, 6.07) is 20.3. The van der Waals surface area contributed by atoms with E-state index < -0.39 is 18.0 Å². The zero-order valence-corrected chi connectivity index (χ0v) is 20.5. The van der Waals surface area contributed by atoms with Crippen LogP contribution < -0.4 is 10.1 Å². The number of rotatable bonds is 8. The molecule has 0 spiro atoms. The predicted octanol–water partition coefficient (Wildman–Crippen LogP) is 6.61. The number of esters is 1. The van der Waals surface area contributed by atoms with E-state index in [0.717, 1.165) is 5.56 Å². The Hall–Kier alpha value is -4.66. The van der Waals surface area contributed by atoms with Crippen LogP contribution in [0.1, 0.15) is 29.9 Å². The van der Waals surface area contributed by atoms with Crippen LogP contribution in [0.3, 0.4) is 0 Å². The van der Waals surface area contributed by atoms with Crippen molar-refractivity contribution in [3.63, 3.8) is 0 Å². The molecule has 9 heteroatoms. The fraction of sp³-hybridized carbons (Fsp3) is 0.179. The van der Waals surface area contributed by atoms with E-state index in [4.69, 9.17) is 18.7 Å². The van der Waals surface area contributed by atoms with Crippen LogP contribution in [-0.2, 0) is 20.7 Å². The van der Waals surface area contributed by atoms with Gasteiger partial charge in [-0.2, -0.15) is 0 Å².